The molecule has 2 atom stereocenters. The highest BCUT2D eigenvalue weighted by Crippen LogP contribution is 2.45. The van der Waals surface area contributed by atoms with E-state index in [9.17, 15) is 18.7 Å². The number of piperidine rings is 1. The van der Waals surface area contributed by atoms with Crippen molar-refractivity contribution in [2.75, 3.05) is 19.8 Å². The maximum absolute atomic E-state index is 13.4. The van der Waals surface area contributed by atoms with E-state index in [4.69, 9.17) is 9.47 Å². The Bertz CT molecular complexity index is 1260. The van der Waals surface area contributed by atoms with Crippen LogP contribution < -0.4 is 4.74 Å². The Morgan fingerprint density at radius 3 is 2.22 bits per heavy atom. The molecule has 3 aromatic carbocycles. The summed E-state index contributed by atoms with van der Waals surface area (Å²) in [6.45, 7) is -2.22. The van der Waals surface area contributed by atoms with Crippen molar-refractivity contribution in [2.45, 2.75) is 43.1 Å². The first kappa shape index (κ1) is 23.9. The van der Waals surface area contributed by atoms with Gasteiger partial charge in [-0.25, -0.2) is 4.79 Å². The van der Waals surface area contributed by atoms with Crippen molar-refractivity contribution in [3.8, 4) is 16.9 Å². The molecular weight excluding hydrogens is 480 g/mol. The van der Waals surface area contributed by atoms with Crippen LogP contribution in [-0.4, -0.2) is 54.6 Å². The van der Waals surface area contributed by atoms with Crippen LogP contribution in [0.5, 0.6) is 5.75 Å². The van der Waals surface area contributed by atoms with Crippen LogP contribution in [-0.2, 0) is 15.1 Å². The Labute approximate surface area is 213 Å². The summed E-state index contributed by atoms with van der Waals surface area (Å²) in [4.78, 5) is 15.1. The lowest BCUT2D eigenvalue weighted by Crippen LogP contribution is -2.62. The maximum Gasteiger partial charge on any atom is 0.410 e. The molecule has 3 aliphatic rings. The highest BCUT2D eigenvalue weighted by Gasteiger charge is 2.49. The van der Waals surface area contributed by atoms with E-state index in [0.717, 1.165) is 22.3 Å². The van der Waals surface area contributed by atoms with Crippen molar-refractivity contribution in [2.24, 2.45) is 0 Å². The number of benzene rings is 3. The Balaban J connectivity index is 1.19. The molecule has 1 N–H and O–H groups in total. The molecule has 0 saturated carbocycles. The Morgan fingerprint density at radius 1 is 0.973 bits per heavy atom. The number of aliphatic hydroxyl groups is 1. The zero-order valence-electron chi connectivity index (χ0n) is 20.1. The molecule has 1 amide bonds. The maximum atomic E-state index is 13.4. The number of ether oxygens (including phenoxy) is 3. The molecule has 6 rings (SSSR count). The number of hydrogen-bond acceptors (Lipinski definition) is 5. The van der Waals surface area contributed by atoms with Gasteiger partial charge in [-0.15, -0.1) is 0 Å². The summed E-state index contributed by atoms with van der Waals surface area (Å²) in [5.41, 5.74) is 3.77. The normalized spacial score (nSPS) is 24.5. The molecule has 192 valence electrons. The van der Waals surface area contributed by atoms with E-state index in [1.807, 2.05) is 24.3 Å². The van der Waals surface area contributed by atoms with Gasteiger partial charge in [0.1, 0.15) is 12.4 Å². The molecule has 2 heterocycles. The second-order valence-corrected chi connectivity index (χ2v) is 9.90. The van der Waals surface area contributed by atoms with Crippen LogP contribution in [0, 0.1) is 0 Å². The average Bonchev–Trinajstić information content (AvgIpc) is 3.20. The van der Waals surface area contributed by atoms with E-state index in [-0.39, 0.29) is 44.3 Å². The van der Waals surface area contributed by atoms with Crippen LogP contribution in [0.15, 0.2) is 72.8 Å². The van der Waals surface area contributed by atoms with Crippen molar-refractivity contribution < 1.29 is 32.9 Å². The predicted octanol–water partition coefficient (Wildman–Crippen LogP) is 5.29. The molecule has 2 aliphatic heterocycles. The summed E-state index contributed by atoms with van der Waals surface area (Å²) in [6, 6.07) is 21.6. The molecule has 6 nitrogen and oxygen atoms in total. The topological polar surface area (TPSA) is 68.2 Å². The fraction of sp³-hybridized carbons (Fsp3) is 0.345. The first-order valence-electron chi connectivity index (χ1n) is 12.4. The van der Waals surface area contributed by atoms with Gasteiger partial charge in [-0.05, 0) is 39.9 Å². The van der Waals surface area contributed by atoms with Crippen molar-refractivity contribution in [3.63, 3.8) is 0 Å². The lowest BCUT2D eigenvalue weighted by Gasteiger charge is -2.51. The zero-order valence-corrected chi connectivity index (χ0v) is 20.1. The monoisotopic (exact) mass is 507 g/mol. The molecule has 2 unspecified atom stereocenters. The van der Waals surface area contributed by atoms with Gasteiger partial charge >= 0.3 is 12.7 Å². The van der Waals surface area contributed by atoms with Crippen LogP contribution in [0.4, 0.5) is 13.6 Å². The Hall–Kier alpha value is -3.49. The first-order chi connectivity index (χ1) is 17.9. The quantitative estimate of drug-likeness (QED) is 0.509. The summed E-state index contributed by atoms with van der Waals surface area (Å²) in [7, 11) is 0. The van der Waals surface area contributed by atoms with E-state index >= 15 is 0 Å². The number of amides is 1. The van der Waals surface area contributed by atoms with Crippen molar-refractivity contribution >= 4 is 6.09 Å². The van der Waals surface area contributed by atoms with E-state index < -0.39 is 30.4 Å². The number of morpholine rings is 1. The van der Waals surface area contributed by atoms with E-state index in [0.29, 0.717) is 5.56 Å². The molecule has 3 aromatic rings. The number of rotatable bonds is 5. The lowest BCUT2D eigenvalue weighted by atomic mass is 9.77. The second-order valence-electron chi connectivity index (χ2n) is 9.90. The minimum Gasteiger partial charge on any atom is -0.448 e. The average molecular weight is 508 g/mol. The summed E-state index contributed by atoms with van der Waals surface area (Å²) >= 11 is 0. The van der Waals surface area contributed by atoms with Gasteiger partial charge in [-0.2, -0.15) is 8.78 Å². The van der Waals surface area contributed by atoms with E-state index in [2.05, 4.69) is 29.0 Å². The fourth-order valence-electron chi connectivity index (χ4n) is 6.14. The molecule has 2 saturated heterocycles. The van der Waals surface area contributed by atoms with Crippen LogP contribution in [0.2, 0.25) is 0 Å². The Kier molecular flexibility index (Phi) is 6.09. The fourth-order valence-corrected chi connectivity index (χ4v) is 6.14. The smallest absolute Gasteiger partial charge is 0.410 e. The number of halogens is 2. The molecule has 0 spiro atoms. The van der Waals surface area contributed by atoms with Crippen molar-refractivity contribution in [1.29, 1.82) is 0 Å². The zero-order chi connectivity index (χ0) is 25.6. The predicted molar refractivity (Wildman–Crippen MR) is 132 cm³/mol. The number of nitrogens with zero attached hydrogens (tertiary/aromatic N) is 1. The summed E-state index contributed by atoms with van der Waals surface area (Å²) in [5.74, 6) is -0.0620. The molecule has 8 heteroatoms. The van der Waals surface area contributed by atoms with Gasteiger partial charge in [0, 0.05) is 18.8 Å². The summed E-state index contributed by atoms with van der Waals surface area (Å²) < 4.78 is 41.5. The highest BCUT2D eigenvalue weighted by atomic mass is 19.3. The van der Waals surface area contributed by atoms with Gasteiger partial charge in [-0.3, -0.25) is 4.90 Å². The first-order valence-corrected chi connectivity index (χ1v) is 12.4. The molecule has 37 heavy (non-hydrogen) atoms. The van der Waals surface area contributed by atoms with E-state index in [1.54, 1.807) is 17.0 Å². The summed E-state index contributed by atoms with van der Waals surface area (Å²) in [5, 5.41) is 11.6. The number of fused-ring (bicyclic) bond motifs is 5. The minimum atomic E-state index is -2.95. The third-order valence-corrected chi connectivity index (χ3v) is 7.70. The molecule has 2 bridgehead atoms. The van der Waals surface area contributed by atoms with Crippen LogP contribution in [0.25, 0.3) is 11.1 Å². The molecular formula is C29H27F2NO5. The van der Waals surface area contributed by atoms with Crippen LogP contribution in [0.3, 0.4) is 0 Å². The largest absolute Gasteiger partial charge is 0.448 e. The highest BCUT2D eigenvalue weighted by molar-refractivity contribution is 5.79. The SMILES string of the molecule is O=C(OCC1c2ccccc2-c2ccccc21)N1C2COCC1CC(O)(c1cccc(OC(F)F)c1)C2. The molecule has 1 aliphatic carbocycles. The number of carbonyl (C=O) groups excluding carboxylic acids is 1. The minimum absolute atomic E-state index is 0.0127. The molecule has 0 radical (unpaired) electrons. The van der Waals surface area contributed by atoms with Crippen molar-refractivity contribution in [3.05, 3.63) is 89.5 Å². The standard InChI is InChI=1S/C29H27F2NO5/c30-27(31)37-21-7-5-6-18(12-21)29(34)13-19-15-35-16-20(14-29)32(19)28(33)36-17-26-24-10-3-1-8-22(24)23-9-2-4-11-25(23)26/h1-12,19-20,26-27,34H,13-17H2. The Morgan fingerprint density at radius 2 is 1.59 bits per heavy atom. The lowest BCUT2D eigenvalue weighted by molar-refractivity contribution is -0.136. The van der Waals surface area contributed by atoms with Gasteiger partial charge in [0.25, 0.3) is 0 Å². The number of hydrogen-bond donors (Lipinski definition) is 1. The number of alkyl halides is 2. The molecule has 2 fully saturated rings. The second kappa shape index (κ2) is 9.43. The molecule has 0 aromatic heterocycles. The van der Waals surface area contributed by atoms with Gasteiger partial charge in [-0.1, -0.05) is 60.7 Å². The number of carbonyl (C=O) groups is 1. The van der Waals surface area contributed by atoms with Crippen molar-refractivity contribution in [1.82, 2.24) is 4.90 Å². The van der Waals surface area contributed by atoms with Gasteiger partial charge in [0.15, 0.2) is 0 Å². The summed E-state index contributed by atoms with van der Waals surface area (Å²) in [6.07, 6.45) is -0.0329. The van der Waals surface area contributed by atoms with Gasteiger partial charge < -0.3 is 19.3 Å². The third kappa shape index (κ3) is 4.34. The van der Waals surface area contributed by atoms with Crippen LogP contribution >= 0.6 is 0 Å². The van der Waals surface area contributed by atoms with Gasteiger partial charge in [0.05, 0.1) is 30.9 Å². The van der Waals surface area contributed by atoms with Crippen LogP contribution in [0.1, 0.15) is 35.4 Å². The van der Waals surface area contributed by atoms with E-state index in [1.165, 1.54) is 12.1 Å². The third-order valence-electron chi connectivity index (χ3n) is 7.70. The van der Waals surface area contributed by atoms with Gasteiger partial charge in [0.2, 0.25) is 0 Å².